The number of fused-ring (bicyclic) bond motifs is 4. The average molecular weight is 1060 g/mol. The van der Waals surface area contributed by atoms with E-state index in [9.17, 15) is 24.9 Å². The van der Waals surface area contributed by atoms with Crippen molar-refractivity contribution in [2.45, 2.75) is 134 Å². The van der Waals surface area contributed by atoms with E-state index in [1.807, 2.05) is 6.92 Å². The number of amides is 2. The van der Waals surface area contributed by atoms with Crippen molar-refractivity contribution in [2.24, 2.45) is 75.9 Å². The zero-order valence-electron chi connectivity index (χ0n) is 43.7. The predicted octanol–water partition coefficient (Wildman–Crippen LogP) is 7.85. The molecular formula is C60H76N4O9S2. The standard InChI is InChI=1S/C60H76N4O9S2/c1-3-59(19-4-5-20-59)45-13-10-39-26-43-41-17-21-60(53(43)52-50(39)55(45)73-57(52)70)46-14-12-42(40-11-9-34-23-36(31-66)24-35(30-65)7-6-8-37(40)25-34)56(62-28-33(2)67)75-74-32-63-47-27-38(18-22-61-47)44(51(41)54(60)58(71)72-46)29-64-48(68)15-16-49(64)69/h14-16,18,27,33-37,39-44,53,56,61-63,65-67H,3-5,8-13,17,19-26,28-32H2,1-2H3. The molecule has 0 aromatic heterocycles. The molecule has 5 heterocycles. The fraction of sp³-hybridized carbons (Fsp3) is 0.667. The van der Waals surface area contributed by atoms with Gasteiger partial charge in [0.25, 0.3) is 11.8 Å². The molecule has 5 aliphatic heterocycles. The highest BCUT2D eigenvalue weighted by molar-refractivity contribution is 8.76. The van der Waals surface area contributed by atoms with Crippen LogP contribution < -0.4 is 16.0 Å². The highest BCUT2D eigenvalue weighted by Gasteiger charge is 2.70. The van der Waals surface area contributed by atoms with Gasteiger partial charge >= 0.3 is 11.9 Å². The van der Waals surface area contributed by atoms with Crippen LogP contribution in [0.15, 0.2) is 81.2 Å². The van der Waals surface area contributed by atoms with Crippen molar-refractivity contribution in [1.82, 2.24) is 20.9 Å². The Hall–Kier alpha value is -4.04. The van der Waals surface area contributed by atoms with Crippen molar-refractivity contribution in [1.29, 1.82) is 0 Å². The van der Waals surface area contributed by atoms with E-state index in [4.69, 9.17) is 9.47 Å². The van der Waals surface area contributed by atoms with Crippen molar-refractivity contribution >= 4 is 45.3 Å². The molecule has 1 saturated heterocycles. The van der Waals surface area contributed by atoms with Gasteiger partial charge in [0.05, 0.1) is 40.8 Å². The molecule has 14 unspecified atom stereocenters. The Kier molecular flexibility index (Phi) is 14.5. The average Bonchev–Trinajstić information content (AvgIpc) is 4.28. The summed E-state index contributed by atoms with van der Waals surface area (Å²) in [7, 11) is 3.48. The number of hydrogen-bond donors (Lipinski definition) is 6. The van der Waals surface area contributed by atoms with Crippen molar-refractivity contribution in [2.75, 3.05) is 38.7 Å². The van der Waals surface area contributed by atoms with Crippen LogP contribution in [0, 0.1) is 87.8 Å². The fourth-order valence-corrected chi connectivity index (χ4v) is 19.9. The van der Waals surface area contributed by atoms with Gasteiger partial charge < -0.3 is 40.7 Å². The topological polar surface area (TPSA) is 187 Å². The van der Waals surface area contributed by atoms with Gasteiger partial charge in [-0.2, -0.15) is 0 Å². The van der Waals surface area contributed by atoms with Gasteiger partial charge in [0.15, 0.2) is 0 Å². The summed E-state index contributed by atoms with van der Waals surface area (Å²) >= 11 is 0. The first kappa shape index (κ1) is 51.7. The number of dihydropyridines is 1. The van der Waals surface area contributed by atoms with Crippen molar-refractivity contribution in [3.05, 3.63) is 81.2 Å². The normalized spacial score (nSPS) is 38.4. The first-order valence-corrected chi connectivity index (χ1v) is 31.0. The number of carbonyl (C=O) groups is 4. The van der Waals surface area contributed by atoms with E-state index in [1.165, 1.54) is 35.5 Å². The molecule has 402 valence electrons. The van der Waals surface area contributed by atoms with Gasteiger partial charge in [0.2, 0.25) is 0 Å². The zero-order valence-corrected chi connectivity index (χ0v) is 45.3. The summed E-state index contributed by atoms with van der Waals surface area (Å²) < 4.78 is 13.6. The summed E-state index contributed by atoms with van der Waals surface area (Å²) in [5.74, 6) is 8.35. The van der Waals surface area contributed by atoms with Gasteiger partial charge in [-0.25, -0.2) is 9.59 Å². The zero-order chi connectivity index (χ0) is 51.8. The van der Waals surface area contributed by atoms with Gasteiger partial charge in [-0.3, -0.25) is 14.5 Å². The van der Waals surface area contributed by atoms with Crippen LogP contribution in [0.25, 0.3) is 0 Å². The molecule has 4 fully saturated rings. The van der Waals surface area contributed by atoms with E-state index in [0.29, 0.717) is 61.9 Å². The number of aliphatic hydroxyl groups is 3. The monoisotopic (exact) mass is 1060 g/mol. The van der Waals surface area contributed by atoms with Crippen molar-refractivity contribution in [3.8, 4) is 11.8 Å². The number of esters is 2. The van der Waals surface area contributed by atoms with E-state index in [2.05, 4.69) is 52.9 Å². The molecule has 0 aromatic carbocycles. The molecule has 2 amide bonds. The van der Waals surface area contributed by atoms with Crippen LogP contribution in [0.5, 0.6) is 0 Å². The molecule has 14 atom stereocenters. The summed E-state index contributed by atoms with van der Waals surface area (Å²) in [6, 6.07) is 0. The third-order valence-electron chi connectivity index (χ3n) is 20.6. The summed E-state index contributed by atoms with van der Waals surface area (Å²) in [5, 5.41) is 42.6. The molecule has 0 radical (unpaired) electrons. The third kappa shape index (κ3) is 8.95. The summed E-state index contributed by atoms with van der Waals surface area (Å²) in [6.07, 6.45) is 24.1. The van der Waals surface area contributed by atoms with E-state index in [1.54, 1.807) is 21.6 Å². The largest absolute Gasteiger partial charge is 0.427 e. The molecular weight excluding hydrogens is 985 g/mol. The predicted molar refractivity (Wildman–Crippen MR) is 287 cm³/mol. The smallest absolute Gasteiger partial charge is 0.340 e. The molecule has 9 bridgehead atoms. The molecule has 15 heteroatoms. The number of allylic oxidation sites excluding steroid dienone is 5. The molecule has 6 N–H and O–H groups in total. The summed E-state index contributed by atoms with van der Waals surface area (Å²) in [4.78, 5) is 59.2. The third-order valence-corrected chi connectivity index (χ3v) is 23.1. The molecule has 0 aromatic rings. The second kappa shape index (κ2) is 21.0. The number of ether oxygens (including phenoxy) is 2. The molecule has 3 saturated carbocycles. The highest BCUT2D eigenvalue weighted by atomic mass is 33.1. The lowest BCUT2D eigenvalue weighted by atomic mass is 9.42. The number of hydrogen-bond acceptors (Lipinski definition) is 14. The second-order valence-corrected chi connectivity index (χ2v) is 26.8. The van der Waals surface area contributed by atoms with Crippen LogP contribution in [-0.2, 0) is 28.7 Å². The number of carbonyl (C=O) groups excluding carboxylic acids is 4. The van der Waals surface area contributed by atoms with Gasteiger partial charge in [0.1, 0.15) is 11.5 Å². The van der Waals surface area contributed by atoms with Crippen LogP contribution in [0.3, 0.4) is 0 Å². The second-order valence-electron chi connectivity index (χ2n) is 24.3. The minimum atomic E-state index is -0.987. The van der Waals surface area contributed by atoms with Crippen LogP contribution in [-0.4, -0.2) is 94.2 Å². The lowest BCUT2D eigenvalue weighted by Crippen LogP contribution is -2.55. The Morgan fingerprint density at radius 3 is 2.51 bits per heavy atom. The lowest BCUT2D eigenvalue weighted by Gasteiger charge is -2.58. The molecule has 13 rings (SSSR count). The first-order valence-electron chi connectivity index (χ1n) is 28.7. The van der Waals surface area contributed by atoms with Crippen LogP contribution in [0.4, 0.5) is 0 Å². The van der Waals surface area contributed by atoms with Gasteiger partial charge in [-0.05, 0) is 172 Å². The molecule has 13 aliphatic rings. The van der Waals surface area contributed by atoms with Crippen molar-refractivity contribution in [3.63, 3.8) is 0 Å². The SMILES string of the molecule is CCC1(C2=C3OC(=O)C4=C3C(CC2)CC2C3CCC5(C6=CCC(C7CCC8CC(CO)CC(CO)C#CCC7C8)C(NCC(C)O)SSCNC7=CC(=CCN7)C(CN7C(=O)C=CC7=O)C3=C5C(=O)O6)C42)CCCC1. The molecule has 13 nitrogen and oxygen atoms in total. The summed E-state index contributed by atoms with van der Waals surface area (Å²) in [5.41, 5.74) is 4.72. The quantitative estimate of drug-likeness (QED) is 0.0538. The number of aliphatic hydroxyl groups excluding tert-OH is 3. The Labute approximate surface area is 450 Å². The van der Waals surface area contributed by atoms with E-state index < -0.39 is 23.4 Å². The highest BCUT2D eigenvalue weighted by Crippen LogP contribution is 2.73. The minimum absolute atomic E-state index is 0.00763. The Morgan fingerprint density at radius 2 is 1.73 bits per heavy atom. The van der Waals surface area contributed by atoms with Gasteiger partial charge in [-0.1, -0.05) is 59.8 Å². The van der Waals surface area contributed by atoms with E-state index in [-0.39, 0.29) is 102 Å². The number of nitrogens with zero attached hydrogens (tertiary/aromatic N) is 1. The van der Waals surface area contributed by atoms with Crippen LogP contribution in [0.1, 0.15) is 123 Å². The van der Waals surface area contributed by atoms with Gasteiger partial charge in [-0.15, -0.1) is 5.92 Å². The van der Waals surface area contributed by atoms with E-state index >= 15 is 9.59 Å². The summed E-state index contributed by atoms with van der Waals surface area (Å²) in [6.45, 7) is 5.14. The molecule has 75 heavy (non-hydrogen) atoms. The number of nitrogens with one attached hydrogen (secondary N) is 3. The minimum Gasteiger partial charge on any atom is -0.427 e. The van der Waals surface area contributed by atoms with Crippen molar-refractivity contribution < 1.29 is 44.0 Å². The van der Waals surface area contributed by atoms with E-state index in [0.717, 1.165) is 105 Å². The van der Waals surface area contributed by atoms with Crippen LogP contribution in [0.2, 0.25) is 0 Å². The Morgan fingerprint density at radius 1 is 0.907 bits per heavy atom. The Bertz CT molecular complexity index is 2650. The first-order chi connectivity index (χ1) is 36.4. The Balaban J connectivity index is 1.04. The fourth-order valence-electron chi connectivity index (χ4n) is 17.4. The maximum Gasteiger partial charge on any atom is 0.340 e. The molecule has 1 spiro atoms. The maximum absolute atomic E-state index is 15.6. The number of imide groups is 1. The number of rotatable bonds is 10. The maximum atomic E-state index is 15.6. The van der Waals surface area contributed by atoms with Gasteiger partial charge in [0, 0.05) is 73.7 Å². The lowest BCUT2D eigenvalue weighted by molar-refractivity contribution is -0.138. The molecule has 8 aliphatic carbocycles. The van der Waals surface area contributed by atoms with Crippen LogP contribution >= 0.6 is 21.6 Å².